The molecule has 100 valence electrons. The Morgan fingerprint density at radius 1 is 1.00 bits per heavy atom. The van der Waals surface area contributed by atoms with Gasteiger partial charge in [0.15, 0.2) is 5.56 Å². The number of nitro benzene ring substituents is 3. The van der Waals surface area contributed by atoms with Crippen LogP contribution in [-0.2, 0) is 0 Å². The Bertz CT molecular complexity index is 623. The zero-order valence-corrected chi connectivity index (χ0v) is 8.67. The van der Waals surface area contributed by atoms with Crippen LogP contribution in [0.3, 0.4) is 0 Å². The number of carboxylic acids is 1. The summed E-state index contributed by atoms with van der Waals surface area (Å²) < 4.78 is 0. The number of nitrogens with zero attached hydrogens (tertiary/aromatic N) is 3. The van der Waals surface area contributed by atoms with Gasteiger partial charge in [-0.05, 0) is 0 Å². The van der Waals surface area contributed by atoms with E-state index < -0.39 is 49.1 Å². The molecule has 0 heterocycles. The molecule has 19 heavy (non-hydrogen) atoms. The number of aromatic hydroxyl groups is 1. The molecule has 0 radical (unpaired) electrons. The predicted octanol–water partition coefficient (Wildman–Crippen LogP) is 0.815. The SMILES string of the molecule is O=C(O)c1c(O)c([N+](=O)[O-])cc([N+](=O)[O-])c1[N+](=O)[O-]. The fraction of sp³-hybridized carbons (Fsp3) is 0. The number of carboxylic acid groups (broad SMARTS) is 1. The largest absolute Gasteiger partial charge is 0.501 e. The Balaban J connectivity index is 3.94. The second kappa shape index (κ2) is 4.52. The van der Waals surface area contributed by atoms with Crippen LogP contribution in [0, 0.1) is 30.3 Å². The maximum atomic E-state index is 10.8. The van der Waals surface area contributed by atoms with Crippen LogP contribution in [0.2, 0.25) is 0 Å². The molecule has 0 amide bonds. The van der Waals surface area contributed by atoms with Crippen molar-refractivity contribution in [2.45, 2.75) is 0 Å². The number of hydrogen-bond acceptors (Lipinski definition) is 8. The standard InChI is InChI=1S/C7H3N3O9/c11-6-3(9(16)17)1-2(8(14)15)5(10(18)19)4(6)7(12)13/h1,11H,(H,12,13). The molecule has 12 nitrogen and oxygen atoms in total. The van der Waals surface area contributed by atoms with Gasteiger partial charge in [-0.25, -0.2) is 4.79 Å². The normalized spacial score (nSPS) is 9.89. The van der Waals surface area contributed by atoms with E-state index in [1.807, 2.05) is 0 Å². The maximum Gasteiger partial charge on any atom is 0.364 e. The summed E-state index contributed by atoms with van der Waals surface area (Å²) >= 11 is 0. The number of phenols is 1. The third-order valence-electron chi connectivity index (χ3n) is 2.02. The van der Waals surface area contributed by atoms with Crippen molar-refractivity contribution < 1.29 is 29.8 Å². The minimum Gasteiger partial charge on any atom is -0.501 e. The van der Waals surface area contributed by atoms with E-state index in [0.29, 0.717) is 0 Å². The zero-order chi connectivity index (χ0) is 14.9. The highest BCUT2D eigenvalue weighted by molar-refractivity contribution is 5.99. The molecule has 0 fully saturated rings. The van der Waals surface area contributed by atoms with Crippen molar-refractivity contribution in [1.82, 2.24) is 0 Å². The van der Waals surface area contributed by atoms with Crippen molar-refractivity contribution >= 4 is 23.0 Å². The maximum absolute atomic E-state index is 10.8. The first-order valence-electron chi connectivity index (χ1n) is 4.24. The van der Waals surface area contributed by atoms with Crippen molar-refractivity contribution in [3.05, 3.63) is 42.0 Å². The van der Waals surface area contributed by atoms with Crippen LogP contribution < -0.4 is 0 Å². The average Bonchev–Trinajstić information content (AvgIpc) is 2.26. The molecule has 0 spiro atoms. The summed E-state index contributed by atoms with van der Waals surface area (Å²) in [7, 11) is 0. The minimum absolute atomic E-state index is 0.125. The Hall–Kier alpha value is -3.31. The van der Waals surface area contributed by atoms with Crippen LogP contribution in [-0.4, -0.2) is 31.0 Å². The van der Waals surface area contributed by atoms with E-state index in [1.165, 1.54) is 0 Å². The lowest BCUT2D eigenvalue weighted by molar-refractivity contribution is -0.424. The molecule has 1 aromatic carbocycles. The van der Waals surface area contributed by atoms with Gasteiger partial charge in [-0.2, -0.15) is 0 Å². The number of benzene rings is 1. The Labute approximate surface area is 102 Å². The van der Waals surface area contributed by atoms with Crippen molar-refractivity contribution in [2.24, 2.45) is 0 Å². The van der Waals surface area contributed by atoms with Crippen LogP contribution >= 0.6 is 0 Å². The minimum atomic E-state index is -2.10. The van der Waals surface area contributed by atoms with Gasteiger partial charge < -0.3 is 10.2 Å². The lowest BCUT2D eigenvalue weighted by atomic mass is 10.1. The van der Waals surface area contributed by atoms with Crippen molar-refractivity contribution in [3.63, 3.8) is 0 Å². The van der Waals surface area contributed by atoms with Gasteiger partial charge in [-0.1, -0.05) is 0 Å². The molecule has 2 N–H and O–H groups in total. The lowest BCUT2D eigenvalue weighted by Crippen LogP contribution is -2.08. The Morgan fingerprint density at radius 3 is 1.79 bits per heavy atom. The van der Waals surface area contributed by atoms with Gasteiger partial charge >= 0.3 is 23.0 Å². The fourth-order valence-electron chi connectivity index (χ4n) is 1.30. The summed E-state index contributed by atoms with van der Waals surface area (Å²) in [6.07, 6.45) is 0. The van der Waals surface area contributed by atoms with Gasteiger partial charge in [-0.3, -0.25) is 30.3 Å². The van der Waals surface area contributed by atoms with Crippen molar-refractivity contribution in [3.8, 4) is 5.75 Å². The Kier molecular flexibility index (Phi) is 3.27. The topological polar surface area (TPSA) is 187 Å². The molecule has 0 aliphatic carbocycles. The van der Waals surface area contributed by atoms with Crippen LogP contribution in [0.4, 0.5) is 17.1 Å². The number of carbonyl (C=O) groups is 1. The van der Waals surface area contributed by atoms with Crippen LogP contribution in [0.1, 0.15) is 10.4 Å². The monoisotopic (exact) mass is 273 g/mol. The third kappa shape index (κ3) is 2.21. The fourth-order valence-corrected chi connectivity index (χ4v) is 1.30. The molecule has 0 aliphatic rings. The van der Waals surface area contributed by atoms with E-state index in [4.69, 9.17) is 5.11 Å². The van der Waals surface area contributed by atoms with E-state index in [9.17, 15) is 40.2 Å². The molecule has 0 saturated carbocycles. The first-order chi connectivity index (χ1) is 8.68. The second-order valence-corrected chi connectivity index (χ2v) is 3.06. The summed E-state index contributed by atoms with van der Waals surface area (Å²) in [5.74, 6) is -3.62. The quantitative estimate of drug-likeness (QED) is 0.590. The summed E-state index contributed by atoms with van der Waals surface area (Å²) in [6.45, 7) is 0. The molecule has 0 aromatic heterocycles. The highest BCUT2D eigenvalue weighted by Crippen LogP contribution is 2.42. The molecule has 0 bridgehead atoms. The molecule has 1 rings (SSSR count). The van der Waals surface area contributed by atoms with Crippen LogP contribution in [0.15, 0.2) is 6.07 Å². The third-order valence-corrected chi connectivity index (χ3v) is 2.02. The number of aromatic carboxylic acids is 1. The first-order valence-corrected chi connectivity index (χ1v) is 4.24. The van der Waals surface area contributed by atoms with Gasteiger partial charge in [0, 0.05) is 0 Å². The molecule has 0 aliphatic heterocycles. The molecular weight excluding hydrogens is 270 g/mol. The van der Waals surface area contributed by atoms with Crippen molar-refractivity contribution in [2.75, 3.05) is 0 Å². The molecule has 0 saturated heterocycles. The lowest BCUT2D eigenvalue weighted by Gasteiger charge is -2.02. The molecular formula is C7H3N3O9. The van der Waals surface area contributed by atoms with Gasteiger partial charge in [-0.15, -0.1) is 0 Å². The molecule has 12 heteroatoms. The highest BCUT2D eigenvalue weighted by Gasteiger charge is 2.40. The average molecular weight is 273 g/mol. The van der Waals surface area contributed by atoms with Crippen LogP contribution in [0.25, 0.3) is 0 Å². The van der Waals surface area contributed by atoms with E-state index in [2.05, 4.69) is 0 Å². The van der Waals surface area contributed by atoms with Gasteiger partial charge in [0.2, 0.25) is 5.75 Å². The highest BCUT2D eigenvalue weighted by atomic mass is 16.6. The number of rotatable bonds is 4. The van der Waals surface area contributed by atoms with Crippen molar-refractivity contribution in [1.29, 1.82) is 0 Å². The van der Waals surface area contributed by atoms with Gasteiger partial charge in [0.1, 0.15) is 6.07 Å². The second-order valence-electron chi connectivity index (χ2n) is 3.06. The predicted molar refractivity (Wildman–Crippen MR) is 55.0 cm³/mol. The first kappa shape index (κ1) is 13.8. The smallest absolute Gasteiger partial charge is 0.364 e. The zero-order valence-electron chi connectivity index (χ0n) is 8.67. The van der Waals surface area contributed by atoms with E-state index in [-0.39, 0.29) is 6.07 Å². The summed E-state index contributed by atoms with van der Waals surface area (Å²) in [5, 5.41) is 49.8. The number of hydrogen-bond donors (Lipinski definition) is 2. The summed E-state index contributed by atoms with van der Waals surface area (Å²) in [5.41, 5.74) is -5.74. The van der Waals surface area contributed by atoms with E-state index >= 15 is 0 Å². The van der Waals surface area contributed by atoms with E-state index in [1.54, 1.807) is 0 Å². The number of nitro groups is 3. The Morgan fingerprint density at radius 2 is 1.47 bits per heavy atom. The van der Waals surface area contributed by atoms with Crippen LogP contribution in [0.5, 0.6) is 5.75 Å². The van der Waals surface area contributed by atoms with Gasteiger partial charge in [0.05, 0.1) is 14.8 Å². The summed E-state index contributed by atoms with van der Waals surface area (Å²) in [6, 6.07) is 0.125. The molecule has 0 atom stereocenters. The summed E-state index contributed by atoms with van der Waals surface area (Å²) in [4.78, 5) is 38.5. The van der Waals surface area contributed by atoms with E-state index in [0.717, 1.165) is 0 Å². The van der Waals surface area contributed by atoms with Gasteiger partial charge in [0.25, 0.3) is 0 Å². The molecule has 1 aromatic rings. The molecule has 0 unspecified atom stereocenters.